The number of rotatable bonds is 0. The Morgan fingerprint density at radius 2 is 1.80 bits per heavy atom. The minimum Gasteiger partial charge on any atom is -0.231 e. The van der Waals surface area contributed by atoms with Crippen molar-refractivity contribution >= 4 is 29.1 Å². The third-order valence-electron chi connectivity index (χ3n) is 0.0772. The molecule has 0 aromatic heterocycles. The Kier molecular flexibility index (Phi) is 2.29. The van der Waals surface area contributed by atoms with Gasteiger partial charge < -0.3 is 0 Å². The van der Waals surface area contributed by atoms with Gasteiger partial charge in [-0.3, -0.25) is 0 Å². The first-order valence-electron chi connectivity index (χ1n) is 0.832. The number of hydrogen-bond acceptors (Lipinski definition) is 1. The zero-order valence-electron chi connectivity index (χ0n) is 2.16. The summed E-state index contributed by atoms with van der Waals surface area (Å²) < 4.78 is -0.356. The molecule has 5 heavy (non-hydrogen) atoms. The van der Waals surface area contributed by atoms with Gasteiger partial charge in [-0.25, -0.2) is 4.79 Å². The van der Waals surface area contributed by atoms with Gasteiger partial charge in [0.2, 0.25) is 0 Å². The summed E-state index contributed by atoms with van der Waals surface area (Å²) in [6.07, 6.45) is 0. The first-order chi connectivity index (χ1) is 2.27. The van der Waals surface area contributed by atoms with Crippen LogP contribution in [0, 0.1) is 0 Å². The summed E-state index contributed by atoms with van der Waals surface area (Å²) in [6.45, 7) is 0. The molecule has 0 aliphatic heterocycles. The SMILES string of the molecule is O=C=C(Cl)Cl. The molecule has 0 fully saturated rings. The molecule has 0 spiro atoms. The third-order valence-corrected chi connectivity index (χ3v) is 0.231. The maximum Gasteiger partial charge on any atom is 0.190 e. The molecule has 0 saturated carbocycles. The molecular formula is C2Cl2O. The fourth-order valence-corrected chi connectivity index (χ4v) is 0. The van der Waals surface area contributed by atoms with Crippen molar-refractivity contribution in [2.75, 3.05) is 0 Å². The first kappa shape index (κ1) is 5.03. The Morgan fingerprint density at radius 1 is 1.60 bits per heavy atom. The summed E-state index contributed by atoms with van der Waals surface area (Å²) >= 11 is 9.44. The molecule has 3 heteroatoms. The van der Waals surface area contributed by atoms with E-state index < -0.39 is 0 Å². The standard InChI is InChI=1S/C2Cl2O/c3-2(4)1-5. The molecule has 0 amide bonds. The second kappa shape index (κ2) is 2.28. The number of carbonyl (C=O) groups excluding carboxylic acids is 1. The van der Waals surface area contributed by atoms with Crippen LogP contribution in [0.25, 0.3) is 0 Å². The maximum absolute atomic E-state index is 9.08. The Labute approximate surface area is 39.2 Å². The average Bonchev–Trinajstić information content (AvgIpc) is 1.38. The van der Waals surface area contributed by atoms with Gasteiger partial charge >= 0.3 is 0 Å². The summed E-state index contributed by atoms with van der Waals surface area (Å²) in [7, 11) is 0. The van der Waals surface area contributed by atoms with Crippen molar-refractivity contribution in [3.63, 3.8) is 0 Å². The van der Waals surface area contributed by atoms with E-state index in [2.05, 4.69) is 0 Å². The molecule has 0 saturated heterocycles. The Balaban J connectivity index is 3.60. The predicted molar refractivity (Wildman–Crippen MR) is 20.9 cm³/mol. The topological polar surface area (TPSA) is 17.1 Å². The zero-order valence-corrected chi connectivity index (χ0v) is 3.68. The summed E-state index contributed by atoms with van der Waals surface area (Å²) in [6, 6.07) is 0. The van der Waals surface area contributed by atoms with Crippen LogP contribution in [0.1, 0.15) is 0 Å². The van der Waals surface area contributed by atoms with Gasteiger partial charge in [-0.1, -0.05) is 23.2 Å². The second-order valence-electron chi connectivity index (χ2n) is 0.362. The first-order valence-corrected chi connectivity index (χ1v) is 1.59. The lowest BCUT2D eigenvalue weighted by Crippen LogP contribution is -1.43. The van der Waals surface area contributed by atoms with Crippen LogP contribution in [-0.4, -0.2) is 5.94 Å². The van der Waals surface area contributed by atoms with Crippen LogP contribution >= 0.6 is 23.2 Å². The van der Waals surface area contributed by atoms with E-state index in [1.54, 1.807) is 0 Å². The summed E-state index contributed by atoms with van der Waals surface area (Å²) in [5, 5.41) is 0. The molecule has 0 aromatic carbocycles. The quantitative estimate of drug-likeness (QED) is 0.428. The monoisotopic (exact) mass is 110 g/mol. The molecule has 0 unspecified atom stereocenters. The highest BCUT2D eigenvalue weighted by molar-refractivity contribution is 6.59. The van der Waals surface area contributed by atoms with Crippen LogP contribution in [0.5, 0.6) is 0 Å². The minimum atomic E-state index is -0.356. The fourth-order valence-electron chi connectivity index (χ4n) is 0. The summed E-state index contributed by atoms with van der Waals surface area (Å²) in [5.41, 5.74) is 0. The van der Waals surface area contributed by atoms with Crippen molar-refractivity contribution in [1.82, 2.24) is 0 Å². The molecule has 0 aliphatic carbocycles. The van der Waals surface area contributed by atoms with Gasteiger partial charge in [0.05, 0.1) is 0 Å². The predicted octanol–water partition coefficient (Wildman–Crippen LogP) is 1.14. The molecule has 0 rings (SSSR count). The molecule has 0 aromatic rings. The van der Waals surface area contributed by atoms with Crippen LogP contribution in [0.3, 0.4) is 0 Å². The van der Waals surface area contributed by atoms with Gasteiger partial charge in [0.1, 0.15) is 0 Å². The van der Waals surface area contributed by atoms with Crippen LogP contribution < -0.4 is 0 Å². The van der Waals surface area contributed by atoms with Gasteiger partial charge in [0, 0.05) is 0 Å². The van der Waals surface area contributed by atoms with Crippen LogP contribution in [-0.2, 0) is 4.79 Å². The number of halogens is 2. The largest absolute Gasteiger partial charge is 0.231 e. The molecule has 0 heterocycles. The van der Waals surface area contributed by atoms with E-state index in [4.69, 9.17) is 28.0 Å². The van der Waals surface area contributed by atoms with Crippen molar-refractivity contribution < 1.29 is 4.79 Å². The molecule has 0 radical (unpaired) electrons. The molecule has 0 bridgehead atoms. The van der Waals surface area contributed by atoms with Crippen molar-refractivity contribution in [3.05, 3.63) is 4.49 Å². The summed E-state index contributed by atoms with van der Waals surface area (Å²) in [4.78, 5) is 9.08. The van der Waals surface area contributed by atoms with Gasteiger partial charge in [-0.05, 0) is 0 Å². The lowest BCUT2D eigenvalue weighted by molar-refractivity contribution is 0.569. The van der Waals surface area contributed by atoms with E-state index in [0.29, 0.717) is 0 Å². The zero-order chi connectivity index (χ0) is 4.28. The van der Waals surface area contributed by atoms with E-state index in [-0.39, 0.29) is 4.49 Å². The van der Waals surface area contributed by atoms with Crippen LogP contribution in [0.2, 0.25) is 0 Å². The van der Waals surface area contributed by atoms with Crippen molar-refractivity contribution in [2.45, 2.75) is 0 Å². The fraction of sp³-hybridized carbons (Fsp3) is 0. The summed E-state index contributed by atoms with van der Waals surface area (Å²) in [5.74, 6) is 1.23. The molecule has 0 N–H and O–H groups in total. The maximum atomic E-state index is 9.08. The molecule has 28 valence electrons. The molecular weight excluding hydrogens is 111 g/mol. The van der Waals surface area contributed by atoms with Gasteiger partial charge in [-0.2, -0.15) is 0 Å². The lowest BCUT2D eigenvalue weighted by atomic mass is 11.2. The smallest absolute Gasteiger partial charge is 0.190 e. The van der Waals surface area contributed by atoms with Crippen molar-refractivity contribution in [2.24, 2.45) is 0 Å². The van der Waals surface area contributed by atoms with Gasteiger partial charge in [-0.15, -0.1) is 0 Å². The average molecular weight is 111 g/mol. The number of hydrogen-bond donors (Lipinski definition) is 0. The molecule has 0 aliphatic rings. The van der Waals surface area contributed by atoms with E-state index in [9.17, 15) is 0 Å². The lowest BCUT2D eigenvalue weighted by Gasteiger charge is -1.54. The highest BCUT2D eigenvalue weighted by atomic mass is 35.5. The van der Waals surface area contributed by atoms with Crippen molar-refractivity contribution in [1.29, 1.82) is 0 Å². The minimum absolute atomic E-state index is 0.356. The Morgan fingerprint density at radius 3 is 1.80 bits per heavy atom. The third kappa shape index (κ3) is 4.03. The van der Waals surface area contributed by atoms with E-state index >= 15 is 0 Å². The normalized spacial score (nSPS) is 6.00. The highest BCUT2D eigenvalue weighted by Crippen LogP contribution is 1.97. The van der Waals surface area contributed by atoms with E-state index in [1.165, 1.54) is 5.94 Å². The van der Waals surface area contributed by atoms with Crippen LogP contribution in [0.4, 0.5) is 0 Å². The van der Waals surface area contributed by atoms with E-state index in [1.807, 2.05) is 0 Å². The van der Waals surface area contributed by atoms with E-state index in [0.717, 1.165) is 0 Å². The Hall–Kier alpha value is 0.0300. The highest BCUT2D eigenvalue weighted by Gasteiger charge is 1.71. The molecule has 0 atom stereocenters. The van der Waals surface area contributed by atoms with Gasteiger partial charge in [0.25, 0.3) is 0 Å². The van der Waals surface area contributed by atoms with Crippen molar-refractivity contribution in [3.8, 4) is 0 Å². The molecule has 1 nitrogen and oxygen atoms in total. The van der Waals surface area contributed by atoms with Gasteiger partial charge in [0.15, 0.2) is 10.4 Å². The second-order valence-corrected chi connectivity index (χ2v) is 1.31. The van der Waals surface area contributed by atoms with Crippen LogP contribution in [0.15, 0.2) is 4.49 Å². The Bertz CT molecular complexity index is 67.7.